The van der Waals surface area contributed by atoms with Gasteiger partial charge >= 0.3 is 0 Å². The Labute approximate surface area is 187 Å². The molecule has 6 nitrogen and oxygen atoms in total. The summed E-state index contributed by atoms with van der Waals surface area (Å²) in [5, 5.41) is 2.76. The summed E-state index contributed by atoms with van der Waals surface area (Å²) in [6.07, 6.45) is 1.07. The number of sulfonamides is 1. The minimum absolute atomic E-state index is 0.323. The normalized spacial score (nSPS) is 11.0. The van der Waals surface area contributed by atoms with Gasteiger partial charge in [-0.05, 0) is 54.1 Å². The molecule has 162 valence electrons. The second-order valence-corrected chi connectivity index (χ2v) is 9.77. The van der Waals surface area contributed by atoms with Crippen LogP contribution >= 0.6 is 11.8 Å². The van der Waals surface area contributed by atoms with Crippen molar-refractivity contribution in [3.8, 4) is 5.75 Å². The maximum atomic E-state index is 12.5. The number of carbonyl (C=O) groups is 1. The van der Waals surface area contributed by atoms with Crippen LogP contribution in [0.4, 0.5) is 11.4 Å². The van der Waals surface area contributed by atoms with Crippen LogP contribution in [0.2, 0.25) is 0 Å². The third-order valence-electron chi connectivity index (χ3n) is 4.43. The molecule has 3 aromatic rings. The van der Waals surface area contributed by atoms with E-state index in [1.807, 2.05) is 42.5 Å². The van der Waals surface area contributed by atoms with Crippen LogP contribution in [0.25, 0.3) is 0 Å². The summed E-state index contributed by atoms with van der Waals surface area (Å²) in [4.78, 5) is 13.7. The van der Waals surface area contributed by atoms with E-state index in [1.54, 1.807) is 36.0 Å². The van der Waals surface area contributed by atoms with Crippen LogP contribution in [0.15, 0.2) is 83.8 Å². The molecule has 0 heterocycles. The van der Waals surface area contributed by atoms with Gasteiger partial charge in [-0.15, -0.1) is 11.8 Å². The van der Waals surface area contributed by atoms with E-state index in [4.69, 9.17) is 4.74 Å². The second kappa shape index (κ2) is 10.4. The number of carbonyl (C=O) groups excluding carboxylic acids is 1. The summed E-state index contributed by atoms with van der Waals surface area (Å²) in [6, 6.07) is 24.2. The number of nitrogens with one attached hydrogen (secondary N) is 1. The Kier molecular flexibility index (Phi) is 7.59. The average molecular weight is 457 g/mol. The Hall–Kier alpha value is -2.97. The van der Waals surface area contributed by atoms with Gasteiger partial charge in [-0.3, -0.25) is 9.10 Å². The van der Waals surface area contributed by atoms with E-state index in [0.29, 0.717) is 17.1 Å². The molecule has 0 aliphatic heterocycles. The van der Waals surface area contributed by atoms with E-state index in [0.717, 1.165) is 21.9 Å². The molecule has 0 atom stereocenters. The number of nitrogens with zero attached hydrogens (tertiary/aromatic N) is 1. The van der Waals surface area contributed by atoms with Gasteiger partial charge < -0.3 is 10.1 Å². The van der Waals surface area contributed by atoms with E-state index >= 15 is 0 Å². The first-order valence-electron chi connectivity index (χ1n) is 9.53. The fourth-order valence-corrected chi connectivity index (χ4v) is 4.58. The largest absolute Gasteiger partial charge is 0.497 e. The number of methoxy groups -OCH3 is 1. The molecule has 0 fully saturated rings. The van der Waals surface area contributed by atoms with Gasteiger partial charge in [0.2, 0.25) is 15.9 Å². The first-order chi connectivity index (χ1) is 14.8. The molecule has 0 unspecified atom stereocenters. The number of ether oxygens (including phenoxy) is 1. The molecule has 3 rings (SSSR count). The highest BCUT2D eigenvalue weighted by Crippen LogP contribution is 2.24. The molecule has 0 aromatic heterocycles. The monoisotopic (exact) mass is 456 g/mol. The lowest BCUT2D eigenvalue weighted by Gasteiger charge is -2.22. The van der Waals surface area contributed by atoms with E-state index in [9.17, 15) is 13.2 Å². The Morgan fingerprint density at radius 2 is 1.61 bits per heavy atom. The lowest BCUT2D eigenvalue weighted by Crippen LogP contribution is -2.37. The van der Waals surface area contributed by atoms with Crippen LogP contribution in [0.3, 0.4) is 0 Å². The molecule has 0 saturated carbocycles. The average Bonchev–Trinajstić information content (AvgIpc) is 2.77. The number of hydrogen-bond donors (Lipinski definition) is 1. The molecular weight excluding hydrogens is 432 g/mol. The van der Waals surface area contributed by atoms with Gasteiger partial charge in [-0.2, -0.15) is 0 Å². The lowest BCUT2D eigenvalue weighted by atomic mass is 10.2. The topological polar surface area (TPSA) is 75.7 Å². The minimum Gasteiger partial charge on any atom is -0.497 e. The molecule has 8 heteroatoms. The quantitative estimate of drug-likeness (QED) is 0.483. The number of benzene rings is 3. The van der Waals surface area contributed by atoms with Crippen LogP contribution in [-0.2, 0) is 20.6 Å². The zero-order valence-corrected chi connectivity index (χ0v) is 18.9. The van der Waals surface area contributed by atoms with E-state index < -0.39 is 15.9 Å². The third kappa shape index (κ3) is 6.77. The number of amides is 1. The highest BCUT2D eigenvalue weighted by molar-refractivity contribution is 7.98. The van der Waals surface area contributed by atoms with E-state index in [1.165, 1.54) is 12.0 Å². The molecular formula is C23H24N2O4S2. The van der Waals surface area contributed by atoms with Gasteiger partial charge in [0.15, 0.2) is 0 Å². The highest BCUT2D eigenvalue weighted by atomic mass is 32.2. The van der Waals surface area contributed by atoms with Gasteiger partial charge in [-0.25, -0.2) is 8.42 Å². The summed E-state index contributed by atoms with van der Waals surface area (Å²) >= 11 is 1.73. The lowest BCUT2D eigenvalue weighted by molar-refractivity contribution is -0.114. The van der Waals surface area contributed by atoms with Crippen LogP contribution < -0.4 is 14.4 Å². The molecule has 0 spiro atoms. The number of thioether (sulfide) groups is 1. The highest BCUT2D eigenvalue weighted by Gasteiger charge is 2.21. The van der Waals surface area contributed by atoms with Crippen LogP contribution in [0, 0.1) is 0 Å². The molecule has 0 aliphatic carbocycles. The molecule has 0 radical (unpaired) electrons. The Morgan fingerprint density at radius 3 is 2.19 bits per heavy atom. The number of anilines is 2. The van der Waals surface area contributed by atoms with Crippen molar-refractivity contribution in [2.75, 3.05) is 29.5 Å². The molecule has 0 saturated heterocycles. The van der Waals surface area contributed by atoms with Gasteiger partial charge in [0.25, 0.3) is 0 Å². The zero-order chi connectivity index (χ0) is 22.3. The summed E-state index contributed by atoms with van der Waals surface area (Å²) in [5.74, 6) is 0.997. The Balaban J connectivity index is 1.61. The number of hydrogen-bond acceptors (Lipinski definition) is 5. The van der Waals surface area contributed by atoms with Gasteiger partial charge in [-0.1, -0.05) is 30.3 Å². The van der Waals surface area contributed by atoms with Crippen molar-refractivity contribution >= 4 is 39.1 Å². The van der Waals surface area contributed by atoms with Crippen molar-refractivity contribution < 1.29 is 17.9 Å². The maximum Gasteiger partial charge on any atom is 0.245 e. The van der Waals surface area contributed by atoms with Crippen molar-refractivity contribution in [3.63, 3.8) is 0 Å². The SMILES string of the molecule is COc1ccc(N(CC(=O)Nc2ccc(CSc3ccccc3)cc2)S(C)(=O)=O)cc1. The fraction of sp³-hybridized carbons (Fsp3) is 0.174. The smallest absolute Gasteiger partial charge is 0.245 e. The molecule has 0 aliphatic rings. The third-order valence-corrected chi connectivity index (χ3v) is 6.66. The summed E-state index contributed by atoms with van der Waals surface area (Å²) < 4.78 is 30.6. The first kappa shape index (κ1) is 22.7. The molecule has 1 amide bonds. The standard InChI is InChI=1S/C23H24N2O4S2/c1-29-21-14-12-20(13-15-21)25(31(2,27)28)16-23(26)24-19-10-8-18(9-11-19)17-30-22-6-4-3-5-7-22/h3-15H,16-17H2,1-2H3,(H,24,26). The zero-order valence-electron chi connectivity index (χ0n) is 17.3. The summed E-state index contributed by atoms with van der Waals surface area (Å²) in [5.41, 5.74) is 2.14. The minimum atomic E-state index is -3.64. The van der Waals surface area contributed by atoms with Crippen LogP contribution in [0.5, 0.6) is 5.75 Å². The predicted octanol–water partition coefficient (Wildman–Crippen LogP) is 4.39. The Bertz CT molecular complexity index is 1100. The summed E-state index contributed by atoms with van der Waals surface area (Å²) in [6.45, 7) is -0.323. The Morgan fingerprint density at radius 1 is 0.968 bits per heavy atom. The number of rotatable bonds is 9. The summed E-state index contributed by atoms with van der Waals surface area (Å²) in [7, 11) is -2.11. The molecule has 0 bridgehead atoms. The molecule has 31 heavy (non-hydrogen) atoms. The van der Waals surface area contributed by atoms with Crippen molar-refractivity contribution in [1.82, 2.24) is 0 Å². The van der Waals surface area contributed by atoms with Crippen LogP contribution in [0.1, 0.15) is 5.56 Å². The van der Waals surface area contributed by atoms with Gasteiger partial charge in [0, 0.05) is 16.3 Å². The first-order valence-corrected chi connectivity index (χ1v) is 12.4. The molecule has 3 aromatic carbocycles. The van der Waals surface area contributed by atoms with Crippen molar-refractivity contribution in [2.24, 2.45) is 0 Å². The van der Waals surface area contributed by atoms with Crippen molar-refractivity contribution in [1.29, 1.82) is 0 Å². The predicted molar refractivity (Wildman–Crippen MR) is 126 cm³/mol. The fourth-order valence-electron chi connectivity index (χ4n) is 2.85. The van der Waals surface area contributed by atoms with Crippen molar-refractivity contribution in [3.05, 3.63) is 84.4 Å². The maximum absolute atomic E-state index is 12.5. The molecule has 1 N–H and O–H groups in total. The van der Waals surface area contributed by atoms with Crippen molar-refractivity contribution in [2.45, 2.75) is 10.6 Å². The second-order valence-electron chi connectivity index (χ2n) is 6.81. The van der Waals surface area contributed by atoms with Gasteiger partial charge in [0.1, 0.15) is 12.3 Å². The van der Waals surface area contributed by atoms with Crippen LogP contribution in [-0.4, -0.2) is 34.2 Å². The van der Waals surface area contributed by atoms with Gasteiger partial charge in [0.05, 0.1) is 19.1 Å². The van der Waals surface area contributed by atoms with E-state index in [2.05, 4.69) is 17.4 Å². The van der Waals surface area contributed by atoms with E-state index in [-0.39, 0.29) is 6.54 Å².